The van der Waals surface area contributed by atoms with Crippen LogP contribution in [-0.2, 0) is 6.54 Å². The van der Waals surface area contributed by atoms with E-state index in [0.29, 0.717) is 11.3 Å². The summed E-state index contributed by atoms with van der Waals surface area (Å²) in [4.78, 5) is 14.6. The number of nitrogens with zero attached hydrogens (tertiary/aromatic N) is 1. The Morgan fingerprint density at radius 2 is 1.69 bits per heavy atom. The number of hydrogen-bond acceptors (Lipinski definition) is 3. The van der Waals surface area contributed by atoms with Crippen LogP contribution in [0.4, 0.5) is 10.1 Å². The molecule has 26 heavy (non-hydrogen) atoms. The van der Waals surface area contributed by atoms with Crippen LogP contribution in [0.2, 0.25) is 0 Å². The van der Waals surface area contributed by atoms with Crippen LogP contribution in [-0.4, -0.2) is 29.9 Å². The van der Waals surface area contributed by atoms with E-state index in [0.717, 1.165) is 38.0 Å². The summed E-state index contributed by atoms with van der Waals surface area (Å²) in [6.45, 7) is 2.63. The molecule has 1 saturated heterocycles. The number of rotatable bonds is 4. The van der Waals surface area contributed by atoms with Crippen molar-refractivity contribution in [2.75, 3.05) is 18.8 Å². The van der Waals surface area contributed by atoms with Gasteiger partial charge >= 0.3 is 0 Å². The fourth-order valence-corrected chi connectivity index (χ4v) is 3.05. The van der Waals surface area contributed by atoms with Gasteiger partial charge in [-0.25, -0.2) is 4.39 Å². The van der Waals surface area contributed by atoms with Gasteiger partial charge in [-0.15, -0.1) is 24.8 Å². The minimum atomic E-state index is -0.208. The van der Waals surface area contributed by atoms with E-state index in [1.165, 1.54) is 12.1 Å². The second-order valence-corrected chi connectivity index (χ2v) is 6.24. The highest BCUT2D eigenvalue weighted by atomic mass is 35.5. The number of hydrogen-bond donors (Lipinski definition) is 2. The molecule has 0 bridgehead atoms. The van der Waals surface area contributed by atoms with Gasteiger partial charge in [0.2, 0.25) is 0 Å². The number of nitrogen functional groups attached to an aromatic ring is 1. The lowest BCUT2D eigenvalue weighted by Gasteiger charge is -2.32. The first kappa shape index (κ1) is 22.2. The Morgan fingerprint density at radius 3 is 2.31 bits per heavy atom. The number of para-hydroxylation sites is 1. The van der Waals surface area contributed by atoms with E-state index < -0.39 is 0 Å². The van der Waals surface area contributed by atoms with E-state index in [-0.39, 0.29) is 42.6 Å². The molecule has 0 spiro atoms. The van der Waals surface area contributed by atoms with Crippen LogP contribution in [0.5, 0.6) is 0 Å². The van der Waals surface area contributed by atoms with Crippen LogP contribution in [0, 0.1) is 5.82 Å². The molecule has 1 amide bonds. The first-order valence-corrected chi connectivity index (χ1v) is 8.24. The van der Waals surface area contributed by atoms with E-state index >= 15 is 0 Å². The minimum Gasteiger partial charge on any atom is -0.398 e. The van der Waals surface area contributed by atoms with Gasteiger partial charge in [0.25, 0.3) is 5.91 Å². The van der Waals surface area contributed by atoms with E-state index in [1.54, 1.807) is 12.1 Å². The number of benzene rings is 2. The fraction of sp³-hybridized carbons (Fsp3) is 0.316. The van der Waals surface area contributed by atoms with E-state index in [9.17, 15) is 9.18 Å². The lowest BCUT2D eigenvalue weighted by Crippen LogP contribution is -2.44. The topological polar surface area (TPSA) is 58.4 Å². The van der Waals surface area contributed by atoms with Gasteiger partial charge in [-0.1, -0.05) is 24.3 Å². The number of piperidine rings is 1. The maximum Gasteiger partial charge on any atom is 0.253 e. The standard InChI is InChI=1S/C19H22FN3O.2ClH/c20-15-7-5-14(6-8-15)13-23-11-9-16(10-12-23)22-19(24)17-3-1-2-4-18(17)21;;/h1-8,16H,9-13,21H2,(H,22,24);2*1H. The summed E-state index contributed by atoms with van der Waals surface area (Å²) in [6.07, 6.45) is 1.80. The van der Waals surface area contributed by atoms with Crippen LogP contribution in [0.3, 0.4) is 0 Å². The maximum absolute atomic E-state index is 12.9. The molecule has 1 aliphatic heterocycles. The number of carbonyl (C=O) groups is 1. The monoisotopic (exact) mass is 399 g/mol. The van der Waals surface area contributed by atoms with Crippen molar-refractivity contribution in [3.8, 4) is 0 Å². The third-order valence-corrected chi connectivity index (χ3v) is 4.45. The van der Waals surface area contributed by atoms with Crippen molar-refractivity contribution in [2.24, 2.45) is 0 Å². The smallest absolute Gasteiger partial charge is 0.253 e. The molecular weight excluding hydrogens is 376 g/mol. The molecule has 2 aromatic rings. The summed E-state index contributed by atoms with van der Waals surface area (Å²) in [5.41, 5.74) is 7.99. The minimum absolute atomic E-state index is 0. The third kappa shape index (κ3) is 5.87. The van der Waals surface area contributed by atoms with Crippen molar-refractivity contribution < 1.29 is 9.18 Å². The summed E-state index contributed by atoms with van der Waals surface area (Å²) in [5.74, 6) is -0.314. The van der Waals surface area contributed by atoms with Gasteiger partial charge in [0.05, 0.1) is 5.56 Å². The van der Waals surface area contributed by atoms with Crippen molar-refractivity contribution >= 4 is 36.4 Å². The molecule has 3 rings (SSSR count). The SMILES string of the molecule is Cl.Cl.Nc1ccccc1C(=O)NC1CCN(Cc2ccc(F)cc2)CC1. The molecule has 0 atom stereocenters. The van der Waals surface area contributed by atoms with Crippen LogP contribution >= 0.6 is 24.8 Å². The van der Waals surface area contributed by atoms with Crippen LogP contribution in [0.15, 0.2) is 48.5 Å². The van der Waals surface area contributed by atoms with Gasteiger partial charge < -0.3 is 11.1 Å². The van der Waals surface area contributed by atoms with E-state index in [1.807, 2.05) is 24.3 Å². The highest BCUT2D eigenvalue weighted by molar-refractivity contribution is 5.99. The van der Waals surface area contributed by atoms with Crippen LogP contribution in [0.25, 0.3) is 0 Å². The molecule has 1 fully saturated rings. The predicted molar refractivity (Wildman–Crippen MR) is 108 cm³/mol. The molecule has 3 N–H and O–H groups in total. The van der Waals surface area contributed by atoms with Crippen LogP contribution < -0.4 is 11.1 Å². The van der Waals surface area contributed by atoms with E-state index in [2.05, 4.69) is 10.2 Å². The Labute approximate surface area is 165 Å². The maximum atomic E-state index is 12.9. The predicted octanol–water partition coefficient (Wildman–Crippen LogP) is 3.65. The lowest BCUT2D eigenvalue weighted by atomic mass is 10.0. The summed E-state index contributed by atoms with van der Waals surface area (Å²) >= 11 is 0. The summed E-state index contributed by atoms with van der Waals surface area (Å²) < 4.78 is 12.9. The van der Waals surface area contributed by atoms with Gasteiger partial charge in [-0.05, 0) is 42.7 Å². The fourth-order valence-electron chi connectivity index (χ4n) is 3.05. The van der Waals surface area contributed by atoms with Gasteiger partial charge in [0.15, 0.2) is 0 Å². The number of carbonyl (C=O) groups excluding carboxylic acids is 1. The zero-order chi connectivity index (χ0) is 16.9. The second kappa shape index (κ2) is 10.4. The molecule has 1 aliphatic rings. The highest BCUT2D eigenvalue weighted by Crippen LogP contribution is 2.16. The zero-order valence-electron chi connectivity index (χ0n) is 14.4. The van der Waals surface area contributed by atoms with Crippen molar-refractivity contribution in [3.05, 3.63) is 65.5 Å². The molecule has 0 saturated carbocycles. The summed E-state index contributed by atoms with van der Waals surface area (Å²) in [6, 6.07) is 13.9. The highest BCUT2D eigenvalue weighted by Gasteiger charge is 2.21. The Bertz CT molecular complexity index is 704. The molecule has 0 unspecified atom stereocenters. The first-order chi connectivity index (χ1) is 11.6. The number of anilines is 1. The zero-order valence-corrected chi connectivity index (χ0v) is 16.0. The molecule has 2 aromatic carbocycles. The molecule has 7 heteroatoms. The Kier molecular flexibility index (Phi) is 8.85. The average molecular weight is 400 g/mol. The summed E-state index contributed by atoms with van der Waals surface area (Å²) in [5, 5.41) is 3.07. The second-order valence-electron chi connectivity index (χ2n) is 6.24. The van der Waals surface area contributed by atoms with Crippen molar-refractivity contribution in [2.45, 2.75) is 25.4 Å². The first-order valence-electron chi connectivity index (χ1n) is 8.24. The lowest BCUT2D eigenvalue weighted by molar-refractivity contribution is 0.0910. The number of amides is 1. The third-order valence-electron chi connectivity index (χ3n) is 4.45. The average Bonchev–Trinajstić information content (AvgIpc) is 2.59. The molecule has 0 radical (unpaired) electrons. The normalized spacial score (nSPS) is 14.8. The molecule has 1 heterocycles. The quantitative estimate of drug-likeness (QED) is 0.771. The number of likely N-dealkylation sites (tertiary alicyclic amines) is 1. The molecule has 142 valence electrons. The number of halogens is 3. The van der Waals surface area contributed by atoms with Crippen molar-refractivity contribution in [1.82, 2.24) is 10.2 Å². The number of nitrogens with two attached hydrogens (primary N) is 1. The van der Waals surface area contributed by atoms with Gasteiger partial charge in [-0.3, -0.25) is 9.69 Å². The molecule has 0 aliphatic carbocycles. The molecular formula is C19H24Cl2FN3O. The van der Waals surface area contributed by atoms with E-state index in [4.69, 9.17) is 5.73 Å². The Balaban J connectivity index is 0.00000169. The van der Waals surface area contributed by atoms with Gasteiger partial charge in [-0.2, -0.15) is 0 Å². The Hall–Kier alpha value is -1.82. The van der Waals surface area contributed by atoms with Gasteiger partial charge in [0, 0.05) is 31.4 Å². The molecule has 4 nitrogen and oxygen atoms in total. The summed E-state index contributed by atoms with van der Waals surface area (Å²) in [7, 11) is 0. The van der Waals surface area contributed by atoms with Crippen molar-refractivity contribution in [1.29, 1.82) is 0 Å². The van der Waals surface area contributed by atoms with Crippen molar-refractivity contribution in [3.63, 3.8) is 0 Å². The van der Waals surface area contributed by atoms with Gasteiger partial charge in [0.1, 0.15) is 5.82 Å². The number of nitrogens with one attached hydrogen (secondary N) is 1. The molecule has 0 aromatic heterocycles. The largest absolute Gasteiger partial charge is 0.398 e. The van der Waals surface area contributed by atoms with Crippen LogP contribution in [0.1, 0.15) is 28.8 Å². The Morgan fingerprint density at radius 1 is 1.08 bits per heavy atom.